The lowest BCUT2D eigenvalue weighted by atomic mass is 9.94. The Morgan fingerprint density at radius 2 is 1.79 bits per heavy atom. The van der Waals surface area contributed by atoms with Gasteiger partial charge in [-0.2, -0.15) is 13.2 Å². The van der Waals surface area contributed by atoms with E-state index in [2.05, 4.69) is 5.32 Å². The number of carbonyl (C=O) groups is 2. The number of nitrogens with zero attached hydrogens (tertiary/aromatic N) is 1. The number of halogens is 5. The van der Waals surface area contributed by atoms with E-state index in [9.17, 15) is 22.8 Å². The van der Waals surface area contributed by atoms with Crippen LogP contribution in [0.25, 0.3) is 0 Å². The zero-order valence-electron chi connectivity index (χ0n) is 17.5. The Morgan fingerprint density at radius 1 is 1.09 bits per heavy atom. The maximum Gasteiger partial charge on any atom is 0.416 e. The molecule has 0 heterocycles. The number of benzene rings is 2. The van der Waals surface area contributed by atoms with Gasteiger partial charge in [0.1, 0.15) is 6.04 Å². The van der Waals surface area contributed by atoms with Gasteiger partial charge in [-0.3, -0.25) is 14.5 Å². The highest BCUT2D eigenvalue weighted by Crippen LogP contribution is 2.37. The molecule has 0 radical (unpaired) electrons. The fraction of sp³-hybridized carbons (Fsp3) is 0.333. The van der Waals surface area contributed by atoms with Crippen molar-refractivity contribution in [3.8, 4) is 12.3 Å². The molecule has 4 nitrogen and oxygen atoms in total. The monoisotopic (exact) mass is 496 g/mol. The van der Waals surface area contributed by atoms with Gasteiger partial charge in [-0.1, -0.05) is 54.6 Å². The summed E-state index contributed by atoms with van der Waals surface area (Å²) in [6, 6.07) is 6.89. The lowest BCUT2D eigenvalue weighted by molar-refractivity contribution is -0.137. The Labute approximate surface area is 200 Å². The number of carbonyl (C=O) groups excluding carboxylic acids is 2. The van der Waals surface area contributed by atoms with Crippen molar-refractivity contribution in [1.82, 2.24) is 5.32 Å². The number of amides is 2. The van der Waals surface area contributed by atoms with Crippen LogP contribution in [0, 0.1) is 12.3 Å². The summed E-state index contributed by atoms with van der Waals surface area (Å²) in [5.74, 6) is 0.345. The van der Waals surface area contributed by atoms with E-state index in [1.54, 1.807) is 0 Å². The van der Waals surface area contributed by atoms with E-state index in [4.69, 9.17) is 29.6 Å². The third-order valence-corrected chi connectivity index (χ3v) is 6.07. The van der Waals surface area contributed by atoms with Gasteiger partial charge >= 0.3 is 12.1 Å². The second-order valence-corrected chi connectivity index (χ2v) is 8.62. The molecule has 33 heavy (non-hydrogen) atoms. The first-order chi connectivity index (χ1) is 15.6. The molecule has 1 saturated carbocycles. The fourth-order valence-corrected chi connectivity index (χ4v) is 4.44. The van der Waals surface area contributed by atoms with Gasteiger partial charge in [0.05, 0.1) is 5.56 Å². The van der Waals surface area contributed by atoms with Crippen LogP contribution in [-0.4, -0.2) is 17.9 Å². The van der Waals surface area contributed by atoms with Crippen LogP contribution in [0.4, 0.5) is 18.9 Å². The van der Waals surface area contributed by atoms with Crippen LogP contribution < -0.4 is 10.2 Å². The molecule has 2 aromatic carbocycles. The predicted molar refractivity (Wildman–Crippen MR) is 122 cm³/mol. The molecular formula is C24H21Cl2F3N2O2. The maximum absolute atomic E-state index is 13.5. The molecule has 1 fully saturated rings. The van der Waals surface area contributed by atoms with Crippen molar-refractivity contribution >= 4 is 40.7 Å². The van der Waals surface area contributed by atoms with E-state index in [0.29, 0.717) is 5.02 Å². The topological polar surface area (TPSA) is 49.4 Å². The molecule has 174 valence electrons. The van der Waals surface area contributed by atoms with Crippen molar-refractivity contribution < 1.29 is 22.8 Å². The zero-order valence-corrected chi connectivity index (χ0v) is 19.0. The Bertz CT molecular complexity index is 1080. The van der Waals surface area contributed by atoms with Gasteiger partial charge in [0.25, 0.3) is 0 Å². The van der Waals surface area contributed by atoms with Crippen LogP contribution in [-0.2, 0) is 15.8 Å². The van der Waals surface area contributed by atoms with Crippen molar-refractivity contribution in [3.05, 3.63) is 63.6 Å². The molecule has 2 amide bonds. The second kappa shape index (κ2) is 10.5. The Morgan fingerprint density at radius 3 is 2.39 bits per heavy atom. The van der Waals surface area contributed by atoms with Crippen molar-refractivity contribution in [2.75, 3.05) is 4.90 Å². The summed E-state index contributed by atoms with van der Waals surface area (Å²) >= 11 is 12.4. The third-order valence-electron chi connectivity index (χ3n) is 5.51. The van der Waals surface area contributed by atoms with E-state index in [1.165, 1.54) is 24.3 Å². The van der Waals surface area contributed by atoms with Gasteiger partial charge in [-0.15, -0.1) is 6.42 Å². The van der Waals surface area contributed by atoms with Gasteiger partial charge in [-0.05, 0) is 49.1 Å². The number of alkyl halides is 3. The summed E-state index contributed by atoms with van der Waals surface area (Å²) < 4.78 is 40.1. The molecule has 9 heteroatoms. The average Bonchev–Trinajstić information content (AvgIpc) is 2.77. The summed E-state index contributed by atoms with van der Waals surface area (Å²) in [5.41, 5.74) is -0.971. The largest absolute Gasteiger partial charge is 0.416 e. The van der Waals surface area contributed by atoms with Gasteiger partial charge in [0.15, 0.2) is 0 Å². The Hall–Kier alpha value is -2.69. The van der Waals surface area contributed by atoms with Crippen molar-refractivity contribution in [3.63, 3.8) is 0 Å². The van der Waals surface area contributed by atoms with E-state index in [-0.39, 0.29) is 22.3 Å². The van der Waals surface area contributed by atoms with Crippen molar-refractivity contribution in [2.45, 2.75) is 50.4 Å². The molecule has 0 spiro atoms. The predicted octanol–water partition coefficient (Wildman–Crippen LogP) is 6.17. The molecule has 3 rings (SSSR count). The third kappa shape index (κ3) is 6.01. The fourth-order valence-electron chi connectivity index (χ4n) is 3.93. The van der Waals surface area contributed by atoms with Gasteiger partial charge in [0, 0.05) is 27.3 Å². The molecule has 0 aromatic heterocycles. The van der Waals surface area contributed by atoms with Crippen molar-refractivity contribution in [2.24, 2.45) is 0 Å². The van der Waals surface area contributed by atoms with E-state index in [0.717, 1.165) is 55.2 Å². The van der Waals surface area contributed by atoms with Crippen LogP contribution >= 0.6 is 23.2 Å². The molecule has 0 bridgehead atoms. The molecule has 2 aromatic rings. The number of nitrogens with one attached hydrogen (secondary N) is 1. The highest BCUT2D eigenvalue weighted by molar-refractivity contribution is 6.35. The minimum absolute atomic E-state index is 0.0769. The molecule has 1 aliphatic carbocycles. The van der Waals surface area contributed by atoms with Crippen LogP contribution in [0.1, 0.15) is 49.3 Å². The van der Waals surface area contributed by atoms with Crippen LogP contribution in [0.2, 0.25) is 10.0 Å². The molecule has 1 N–H and O–H groups in total. The normalized spacial score (nSPS) is 15.4. The quantitative estimate of drug-likeness (QED) is 0.503. The number of hydrogen-bond donors (Lipinski definition) is 1. The molecule has 0 saturated heterocycles. The van der Waals surface area contributed by atoms with Crippen LogP contribution in [0.5, 0.6) is 0 Å². The minimum atomic E-state index is -4.65. The second-order valence-electron chi connectivity index (χ2n) is 7.78. The number of terminal acetylenes is 1. The molecule has 1 aliphatic rings. The van der Waals surface area contributed by atoms with Gasteiger partial charge < -0.3 is 5.32 Å². The molecular weight excluding hydrogens is 476 g/mol. The lowest BCUT2D eigenvalue weighted by Gasteiger charge is -2.33. The SMILES string of the molecule is C#CC(=O)N(c1cccc(C(F)(F)F)c1)C(C(=O)NC1CCCCC1)c1ccc(Cl)cc1Cl. The summed E-state index contributed by atoms with van der Waals surface area (Å²) in [6.45, 7) is 0. The Balaban J connectivity index is 2.13. The van der Waals surface area contributed by atoms with E-state index in [1.807, 2.05) is 5.92 Å². The molecule has 0 aliphatic heterocycles. The number of hydrogen-bond acceptors (Lipinski definition) is 2. The maximum atomic E-state index is 13.5. The zero-order chi connectivity index (χ0) is 24.2. The first kappa shape index (κ1) is 24.9. The van der Waals surface area contributed by atoms with E-state index < -0.39 is 29.6 Å². The van der Waals surface area contributed by atoms with Crippen molar-refractivity contribution in [1.29, 1.82) is 0 Å². The number of rotatable bonds is 5. The first-order valence-corrected chi connectivity index (χ1v) is 11.1. The van der Waals surface area contributed by atoms with Gasteiger partial charge in [0.2, 0.25) is 5.91 Å². The van der Waals surface area contributed by atoms with Crippen LogP contribution in [0.3, 0.4) is 0 Å². The summed E-state index contributed by atoms with van der Waals surface area (Å²) in [6.07, 6.45) is 5.16. The average molecular weight is 497 g/mol. The number of anilines is 1. The highest BCUT2D eigenvalue weighted by Gasteiger charge is 2.37. The Kier molecular flexibility index (Phi) is 7.93. The van der Waals surface area contributed by atoms with Crippen LogP contribution in [0.15, 0.2) is 42.5 Å². The lowest BCUT2D eigenvalue weighted by Crippen LogP contribution is -2.47. The van der Waals surface area contributed by atoms with E-state index >= 15 is 0 Å². The summed E-state index contributed by atoms with van der Waals surface area (Å²) in [4.78, 5) is 27.2. The first-order valence-electron chi connectivity index (χ1n) is 10.3. The molecule has 1 atom stereocenters. The van der Waals surface area contributed by atoms with Gasteiger partial charge in [-0.25, -0.2) is 0 Å². The smallest absolute Gasteiger partial charge is 0.351 e. The summed E-state index contributed by atoms with van der Waals surface area (Å²) in [7, 11) is 0. The minimum Gasteiger partial charge on any atom is -0.351 e. The molecule has 1 unspecified atom stereocenters. The summed E-state index contributed by atoms with van der Waals surface area (Å²) in [5, 5.41) is 3.29. The highest BCUT2D eigenvalue weighted by atomic mass is 35.5. The standard InChI is InChI=1S/C24H21Cl2F3N2O2/c1-2-21(32)31(18-10-6-7-15(13-18)24(27,28)29)22(19-12-11-16(25)14-20(19)26)23(33)30-17-8-4-3-5-9-17/h1,6-7,10-14,17,22H,3-5,8-9H2,(H,30,33).